The minimum absolute atomic E-state index is 0. The molecule has 0 spiro atoms. The zero-order valence-corrected chi connectivity index (χ0v) is 8.42. The number of hydrogen-bond donors (Lipinski definition) is 1. The number of aliphatic hydroxyl groups excluding tert-OH is 1. The first-order valence-electron chi connectivity index (χ1n) is 2.42. The van der Waals surface area contributed by atoms with Gasteiger partial charge in [0, 0.05) is 0 Å². The van der Waals surface area contributed by atoms with Crippen molar-refractivity contribution in [3.8, 4) is 0 Å². The molecule has 0 amide bonds. The van der Waals surface area contributed by atoms with Crippen molar-refractivity contribution in [1.29, 1.82) is 0 Å². The molecule has 0 heterocycles. The molecule has 0 saturated carbocycles. The molecule has 0 aromatic rings. The van der Waals surface area contributed by atoms with Crippen LogP contribution in [0.25, 0.3) is 0 Å². The maximum Gasteiger partial charge on any atom is 2.00 e. The monoisotopic (exact) mass is 267 g/mol. The molecule has 2 unspecified atom stereocenters. The first-order chi connectivity index (χ1) is 5.06. The van der Waals surface area contributed by atoms with Crippen molar-refractivity contribution in [3.05, 3.63) is 0 Å². The van der Waals surface area contributed by atoms with E-state index in [9.17, 15) is 18.9 Å². The van der Waals surface area contributed by atoms with Gasteiger partial charge in [0.2, 0.25) is 0 Å². The van der Waals surface area contributed by atoms with Gasteiger partial charge in [-0.25, -0.2) is 0 Å². The fourth-order valence-electron chi connectivity index (χ4n) is 0.313. The predicted octanol–water partition coefficient (Wildman–Crippen LogP) is -2.16. The number of aliphatic hydroxyl groups is 1. The molecule has 0 aromatic heterocycles. The Kier molecular flexibility index (Phi) is 10.7. The van der Waals surface area contributed by atoms with Crippen molar-refractivity contribution in [3.63, 3.8) is 0 Å². The van der Waals surface area contributed by atoms with Crippen molar-refractivity contribution in [2.45, 2.75) is 6.29 Å². The molecule has 0 fully saturated rings. The number of rotatable bonds is 5. The van der Waals surface area contributed by atoms with Crippen LogP contribution < -0.4 is 9.79 Å². The minimum atomic E-state index is -3.54. The third-order valence-electron chi connectivity index (χ3n) is 0.604. The molecule has 1 N–H and O–H groups in total. The Bertz CT molecular complexity index is 145. The van der Waals surface area contributed by atoms with Gasteiger partial charge in [-0.2, -0.15) is 0 Å². The molecule has 7 nitrogen and oxygen atoms in total. The Morgan fingerprint density at radius 3 is 1.75 bits per heavy atom. The largest absolute Gasteiger partial charge is 2.00 e. The summed E-state index contributed by atoms with van der Waals surface area (Å²) in [7, 11) is -7.07. The van der Waals surface area contributed by atoms with E-state index >= 15 is 0 Å². The van der Waals surface area contributed by atoms with E-state index in [1.165, 1.54) is 0 Å². The summed E-state index contributed by atoms with van der Waals surface area (Å²) in [6.07, 6.45) is -1.64. The van der Waals surface area contributed by atoms with Crippen LogP contribution in [-0.4, -0.2) is 18.0 Å². The van der Waals surface area contributed by atoms with Crippen molar-refractivity contribution in [2.75, 3.05) is 6.61 Å². The zero-order chi connectivity index (χ0) is 8.85. The van der Waals surface area contributed by atoms with Crippen LogP contribution in [0.2, 0.25) is 0 Å². The molecule has 77 valence electrons. The molecule has 0 rings (SSSR count). The summed E-state index contributed by atoms with van der Waals surface area (Å²) in [5.41, 5.74) is 0. The van der Waals surface area contributed by atoms with E-state index in [4.69, 9.17) is 5.11 Å². The third-order valence-corrected chi connectivity index (χ3v) is 1.52. The second-order valence-corrected chi connectivity index (χ2v) is 2.82. The van der Waals surface area contributed by atoms with E-state index in [1.807, 2.05) is 0 Å². The molecule has 0 bridgehead atoms. The SMILES string of the molecule is O=[PH]([O-])OC(CO)O[PH](=O)[O-].[Cu+2]. The summed E-state index contributed by atoms with van der Waals surface area (Å²) in [6.45, 7) is -0.836. The van der Waals surface area contributed by atoms with Crippen molar-refractivity contribution in [1.82, 2.24) is 0 Å². The Balaban J connectivity index is 0. The standard InChI is InChI=1S/C2H8O7P2.Cu/c3-1-2(8-10(4)5)9-11(6)7;/h2-3,10-11H,1H2,(H,4,5)(H,6,7);/q;+2/p-2. The van der Waals surface area contributed by atoms with Crippen LogP contribution in [0.1, 0.15) is 0 Å². The van der Waals surface area contributed by atoms with Crippen LogP contribution in [0.5, 0.6) is 0 Å². The van der Waals surface area contributed by atoms with Gasteiger partial charge in [-0.1, -0.05) is 0 Å². The van der Waals surface area contributed by atoms with E-state index in [0.717, 1.165) is 0 Å². The molecule has 1 radical (unpaired) electrons. The fourth-order valence-corrected chi connectivity index (χ4v) is 1.08. The van der Waals surface area contributed by atoms with E-state index in [0.29, 0.717) is 0 Å². The Morgan fingerprint density at radius 2 is 1.58 bits per heavy atom. The van der Waals surface area contributed by atoms with Crippen LogP contribution in [0.3, 0.4) is 0 Å². The van der Waals surface area contributed by atoms with Gasteiger partial charge in [-0.15, -0.1) is 0 Å². The molecule has 0 aliphatic heterocycles. The molecule has 0 aliphatic rings. The van der Waals surface area contributed by atoms with E-state index in [2.05, 4.69) is 9.05 Å². The summed E-state index contributed by atoms with van der Waals surface area (Å²) in [4.78, 5) is 19.6. The summed E-state index contributed by atoms with van der Waals surface area (Å²) >= 11 is 0. The predicted molar refractivity (Wildman–Crippen MR) is 31.0 cm³/mol. The average molecular weight is 268 g/mol. The zero-order valence-electron chi connectivity index (χ0n) is 5.48. The van der Waals surface area contributed by atoms with Gasteiger partial charge in [0.1, 0.15) is 16.5 Å². The van der Waals surface area contributed by atoms with Gasteiger partial charge in [0.25, 0.3) is 0 Å². The van der Waals surface area contributed by atoms with Gasteiger partial charge < -0.3 is 33.1 Å². The van der Waals surface area contributed by atoms with E-state index < -0.39 is 29.4 Å². The van der Waals surface area contributed by atoms with Crippen LogP contribution in [-0.2, 0) is 35.2 Å². The molecule has 10 heteroatoms. The molecule has 0 aliphatic carbocycles. The molecular formula is C2H6CuO7P2. The molecule has 0 saturated heterocycles. The van der Waals surface area contributed by atoms with Gasteiger partial charge in [0.15, 0.2) is 6.29 Å². The maximum atomic E-state index is 9.82. The maximum absolute atomic E-state index is 9.82. The van der Waals surface area contributed by atoms with Gasteiger partial charge in [-0.05, 0) is 0 Å². The molecule has 12 heavy (non-hydrogen) atoms. The van der Waals surface area contributed by atoms with Crippen LogP contribution in [0, 0.1) is 0 Å². The first-order valence-corrected chi connectivity index (χ1v) is 4.87. The second-order valence-electron chi connectivity index (χ2n) is 1.35. The van der Waals surface area contributed by atoms with Crippen LogP contribution >= 0.6 is 16.5 Å². The Hall–Kier alpha value is 0.779. The summed E-state index contributed by atoms with van der Waals surface area (Å²) in [5, 5.41) is 8.25. The summed E-state index contributed by atoms with van der Waals surface area (Å²) in [5.74, 6) is 0. The molecule has 2 atom stereocenters. The van der Waals surface area contributed by atoms with E-state index in [-0.39, 0.29) is 17.1 Å². The smallest absolute Gasteiger partial charge is 0.781 e. The normalized spacial score (nSPS) is 17.6. The fraction of sp³-hybridized carbons (Fsp3) is 1.00. The Morgan fingerprint density at radius 1 is 1.25 bits per heavy atom. The third kappa shape index (κ3) is 8.87. The topological polar surface area (TPSA) is 119 Å². The molecular weight excluding hydrogens is 262 g/mol. The number of hydrogen-bond acceptors (Lipinski definition) is 7. The van der Waals surface area contributed by atoms with Crippen molar-refractivity contribution >= 4 is 16.5 Å². The summed E-state index contributed by atoms with van der Waals surface area (Å²) < 4.78 is 27.3. The van der Waals surface area contributed by atoms with Crippen LogP contribution in [0.4, 0.5) is 0 Å². The molecule has 0 aromatic carbocycles. The summed E-state index contributed by atoms with van der Waals surface area (Å²) in [6, 6.07) is 0. The first kappa shape index (κ1) is 15.3. The quantitative estimate of drug-likeness (QED) is 0.342. The van der Waals surface area contributed by atoms with Gasteiger partial charge in [-0.3, -0.25) is 0 Å². The van der Waals surface area contributed by atoms with Crippen molar-refractivity contribution in [2.24, 2.45) is 0 Å². The van der Waals surface area contributed by atoms with Gasteiger partial charge in [0.05, 0.1) is 6.61 Å². The van der Waals surface area contributed by atoms with Crippen molar-refractivity contribution < 1.29 is 50.1 Å². The van der Waals surface area contributed by atoms with E-state index in [1.54, 1.807) is 0 Å². The van der Waals surface area contributed by atoms with Crippen LogP contribution in [0.15, 0.2) is 0 Å². The minimum Gasteiger partial charge on any atom is -0.781 e. The average Bonchev–Trinajstić information content (AvgIpc) is 1.84. The van der Waals surface area contributed by atoms with Gasteiger partial charge >= 0.3 is 17.1 Å². The second kappa shape index (κ2) is 8.38. The Labute approximate surface area is 80.1 Å².